The van der Waals surface area contributed by atoms with Gasteiger partial charge in [-0.05, 0) is 12.8 Å². The van der Waals surface area contributed by atoms with E-state index in [0.717, 1.165) is 19.4 Å². The smallest absolute Gasteiger partial charge is 0.373 e. The van der Waals surface area contributed by atoms with Gasteiger partial charge >= 0.3 is 11.9 Å². The molecular weight excluding hydrogens is 308 g/mol. The Morgan fingerprint density at radius 1 is 1.30 bits per heavy atom. The third kappa shape index (κ3) is 3.28. The molecule has 0 spiro atoms. The Morgan fingerprint density at radius 3 is 2.61 bits per heavy atom. The number of methoxy groups -OCH3 is 2. The summed E-state index contributed by atoms with van der Waals surface area (Å²) in [5, 5.41) is 11.3. The summed E-state index contributed by atoms with van der Waals surface area (Å²) < 4.78 is 14.4. The number of nitro groups is 1. The fourth-order valence-corrected chi connectivity index (χ4v) is 2.18. The fourth-order valence-electron chi connectivity index (χ4n) is 2.18. The zero-order chi connectivity index (χ0) is 17.0. The van der Waals surface area contributed by atoms with Crippen molar-refractivity contribution in [3.8, 4) is 0 Å². The highest BCUT2D eigenvalue weighted by Crippen LogP contribution is 2.33. The van der Waals surface area contributed by atoms with Crippen molar-refractivity contribution in [1.29, 1.82) is 0 Å². The maximum atomic E-state index is 11.8. The molecule has 1 aliphatic rings. The molecule has 9 nitrogen and oxygen atoms in total. The van der Waals surface area contributed by atoms with E-state index < -0.39 is 22.5 Å². The molecule has 2 rings (SSSR count). The lowest BCUT2D eigenvalue weighted by atomic mass is 10.0. The number of rotatable bonds is 4. The van der Waals surface area contributed by atoms with Crippen molar-refractivity contribution >= 4 is 23.2 Å². The Balaban J connectivity index is 2.61. The summed E-state index contributed by atoms with van der Waals surface area (Å²) in [4.78, 5) is 37.9. The van der Waals surface area contributed by atoms with Crippen LogP contribution in [-0.2, 0) is 19.0 Å². The number of ether oxygens (including phenoxy) is 3. The van der Waals surface area contributed by atoms with E-state index in [1.54, 1.807) is 0 Å². The molecule has 0 aromatic carbocycles. The molecule has 0 saturated heterocycles. The summed E-state index contributed by atoms with van der Waals surface area (Å²) in [7, 11) is 2.35. The topological polar surface area (TPSA) is 118 Å². The number of pyridine rings is 1. The number of esters is 2. The largest absolute Gasteiger partial charge is 0.486 e. The fraction of sp³-hybridized carbons (Fsp3) is 0.357. The quantitative estimate of drug-likeness (QED) is 0.464. The maximum Gasteiger partial charge on any atom is 0.373 e. The molecule has 1 aliphatic heterocycles. The monoisotopic (exact) mass is 322 g/mol. The lowest BCUT2D eigenvalue weighted by molar-refractivity contribution is -0.385. The molecule has 0 atom stereocenters. The zero-order valence-corrected chi connectivity index (χ0v) is 12.5. The summed E-state index contributed by atoms with van der Waals surface area (Å²) in [5.74, 6) is -1.57. The molecule has 122 valence electrons. The number of hydrogen-bond acceptors (Lipinski definition) is 8. The minimum absolute atomic E-state index is 0.0252. The first kappa shape index (κ1) is 16.4. The zero-order valence-electron chi connectivity index (χ0n) is 12.5. The van der Waals surface area contributed by atoms with Crippen LogP contribution in [0.3, 0.4) is 0 Å². The molecule has 0 unspecified atom stereocenters. The second kappa shape index (κ2) is 6.86. The van der Waals surface area contributed by atoms with Crippen LogP contribution in [0.15, 0.2) is 18.0 Å². The van der Waals surface area contributed by atoms with Gasteiger partial charge in [0.15, 0.2) is 0 Å². The summed E-state index contributed by atoms with van der Waals surface area (Å²) in [6.07, 6.45) is 2.11. The number of aromatic nitrogens is 1. The van der Waals surface area contributed by atoms with Gasteiger partial charge in [-0.15, -0.1) is 0 Å². The Labute approximate surface area is 131 Å². The highest BCUT2D eigenvalue weighted by Gasteiger charge is 2.29. The molecule has 23 heavy (non-hydrogen) atoms. The molecule has 0 amide bonds. The van der Waals surface area contributed by atoms with Gasteiger partial charge in [0.25, 0.3) is 5.69 Å². The molecule has 0 fully saturated rings. The predicted octanol–water partition coefficient (Wildman–Crippen LogP) is 1.47. The standard InChI is InChI=1S/C14H14N2O7/c1-21-13(17)8-6-10(16(19)20)11(15-7-8)9-4-3-5-23-12(9)14(18)22-2/h6-7H,3-5H2,1-2H3. The number of hydrogen-bond donors (Lipinski definition) is 0. The molecule has 1 aromatic rings. The van der Waals surface area contributed by atoms with E-state index in [9.17, 15) is 19.7 Å². The van der Waals surface area contributed by atoms with Gasteiger partial charge in [-0.3, -0.25) is 10.1 Å². The Kier molecular flexibility index (Phi) is 4.89. The number of allylic oxidation sites excluding steroid dienone is 1. The van der Waals surface area contributed by atoms with Gasteiger partial charge < -0.3 is 14.2 Å². The molecule has 2 heterocycles. The Morgan fingerprint density at radius 2 is 2.00 bits per heavy atom. The van der Waals surface area contributed by atoms with Gasteiger partial charge in [-0.1, -0.05) is 0 Å². The van der Waals surface area contributed by atoms with E-state index in [2.05, 4.69) is 14.5 Å². The second-order valence-corrected chi connectivity index (χ2v) is 4.59. The van der Waals surface area contributed by atoms with Crippen LogP contribution in [-0.4, -0.2) is 42.7 Å². The predicted molar refractivity (Wildman–Crippen MR) is 76.4 cm³/mol. The molecule has 0 bridgehead atoms. The second-order valence-electron chi connectivity index (χ2n) is 4.59. The van der Waals surface area contributed by atoms with Crippen molar-refractivity contribution in [2.24, 2.45) is 0 Å². The van der Waals surface area contributed by atoms with Crippen molar-refractivity contribution in [2.75, 3.05) is 20.8 Å². The van der Waals surface area contributed by atoms with E-state index in [4.69, 9.17) is 4.74 Å². The summed E-state index contributed by atoms with van der Waals surface area (Å²) in [6.45, 7) is 0.308. The van der Waals surface area contributed by atoms with Gasteiger partial charge in [-0.2, -0.15) is 0 Å². The van der Waals surface area contributed by atoms with Crippen LogP contribution in [0, 0.1) is 10.1 Å². The van der Waals surface area contributed by atoms with E-state index in [-0.39, 0.29) is 22.6 Å². The number of carbonyl (C=O) groups excluding carboxylic acids is 2. The van der Waals surface area contributed by atoms with Crippen molar-refractivity contribution in [3.63, 3.8) is 0 Å². The average molecular weight is 322 g/mol. The van der Waals surface area contributed by atoms with Crippen molar-refractivity contribution in [2.45, 2.75) is 12.8 Å². The van der Waals surface area contributed by atoms with Gasteiger partial charge in [0, 0.05) is 17.8 Å². The van der Waals surface area contributed by atoms with Crippen molar-refractivity contribution in [1.82, 2.24) is 4.98 Å². The number of nitrogens with zero attached hydrogens (tertiary/aromatic N) is 2. The van der Waals surface area contributed by atoms with Crippen LogP contribution in [0.4, 0.5) is 5.69 Å². The first-order valence-electron chi connectivity index (χ1n) is 6.67. The maximum absolute atomic E-state index is 11.8. The van der Waals surface area contributed by atoms with Crippen LogP contribution in [0.25, 0.3) is 5.57 Å². The van der Waals surface area contributed by atoms with E-state index in [0.29, 0.717) is 19.4 Å². The molecule has 0 saturated carbocycles. The van der Waals surface area contributed by atoms with Crippen molar-refractivity contribution < 1.29 is 28.7 Å². The highest BCUT2D eigenvalue weighted by atomic mass is 16.6. The molecule has 1 aromatic heterocycles. The first-order chi connectivity index (χ1) is 11.0. The minimum Gasteiger partial charge on any atom is -0.486 e. The molecule has 0 N–H and O–H groups in total. The van der Waals surface area contributed by atoms with Crippen LogP contribution in [0.5, 0.6) is 0 Å². The van der Waals surface area contributed by atoms with Crippen LogP contribution >= 0.6 is 0 Å². The molecule has 9 heteroatoms. The lowest BCUT2D eigenvalue weighted by Crippen LogP contribution is -2.17. The van der Waals surface area contributed by atoms with E-state index in [1.165, 1.54) is 7.11 Å². The lowest BCUT2D eigenvalue weighted by Gasteiger charge is -2.19. The van der Waals surface area contributed by atoms with Crippen LogP contribution in [0.2, 0.25) is 0 Å². The van der Waals surface area contributed by atoms with E-state index >= 15 is 0 Å². The average Bonchev–Trinajstić information content (AvgIpc) is 2.59. The van der Waals surface area contributed by atoms with Crippen LogP contribution in [0.1, 0.15) is 28.9 Å². The third-order valence-electron chi connectivity index (χ3n) is 3.23. The Hall–Kier alpha value is -2.97. The minimum atomic E-state index is -0.741. The van der Waals surface area contributed by atoms with E-state index in [1.807, 2.05) is 0 Å². The molecule has 0 aliphatic carbocycles. The first-order valence-corrected chi connectivity index (χ1v) is 6.67. The van der Waals surface area contributed by atoms with Gasteiger partial charge in [-0.25, -0.2) is 14.6 Å². The molecular formula is C14H14N2O7. The number of carbonyl (C=O) groups is 2. The highest BCUT2D eigenvalue weighted by molar-refractivity contribution is 5.97. The van der Waals surface area contributed by atoms with Gasteiger partial charge in [0.2, 0.25) is 5.76 Å². The normalized spacial score (nSPS) is 14.0. The van der Waals surface area contributed by atoms with Gasteiger partial charge in [0.1, 0.15) is 5.69 Å². The molecule has 0 radical (unpaired) electrons. The summed E-state index contributed by atoms with van der Waals surface area (Å²) in [6, 6.07) is 1.06. The summed E-state index contributed by atoms with van der Waals surface area (Å²) in [5.41, 5.74) is -0.205. The summed E-state index contributed by atoms with van der Waals surface area (Å²) >= 11 is 0. The third-order valence-corrected chi connectivity index (χ3v) is 3.23. The van der Waals surface area contributed by atoms with Crippen LogP contribution < -0.4 is 0 Å². The van der Waals surface area contributed by atoms with Gasteiger partial charge in [0.05, 0.1) is 31.3 Å². The SMILES string of the molecule is COC(=O)C1=C(c2ncc(C(=O)OC)cc2[N+](=O)[O-])CCCO1. The van der Waals surface area contributed by atoms with Crippen molar-refractivity contribution in [3.05, 3.63) is 39.4 Å². The Bertz CT molecular complexity index is 696.